The van der Waals surface area contributed by atoms with Crippen LogP contribution in [0, 0.1) is 0 Å². The second-order valence-electron chi connectivity index (χ2n) is 8.43. The minimum absolute atomic E-state index is 0.0287. The molecule has 2 amide bonds. The van der Waals surface area contributed by atoms with Gasteiger partial charge in [0.15, 0.2) is 0 Å². The largest absolute Gasteiger partial charge is 0.450 e. The van der Waals surface area contributed by atoms with E-state index in [9.17, 15) is 9.59 Å². The molecule has 1 fully saturated rings. The average molecular weight is 441 g/mol. The van der Waals surface area contributed by atoms with Crippen LogP contribution in [0.4, 0.5) is 10.6 Å². The molecule has 0 aromatic carbocycles. The Hall–Kier alpha value is -3.10. The fraction of sp³-hybridized carbons (Fsp3) is 0.565. The molecule has 1 saturated carbocycles. The molecule has 0 bridgehead atoms. The van der Waals surface area contributed by atoms with Crippen molar-refractivity contribution in [1.82, 2.24) is 25.4 Å². The Kier molecular flexibility index (Phi) is 6.92. The topological polar surface area (TPSA) is 110 Å². The summed E-state index contributed by atoms with van der Waals surface area (Å²) in [6, 6.07) is 1.95. The molecule has 0 radical (unpaired) electrons. The van der Waals surface area contributed by atoms with Crippen LogP contribution in [0.25, 0.3) is 11.3 Å². The summed E-state index contributed by atoms with van der Waals surface area (Å²) in [6.07, 6.45) is 9.12. The molecule has 1 aliphatic carbocycles. The quantitative estimate of drug-likeness (QED) is 0.542. The normalized spacial score (nSPS) is 19.9. The van der Waals surface area contributed by atoms with Gasteiger partial charge in [-0.2, -0.15) is 5.10 Å². The minimum atomic E-state index is -0.360. The van der Waals surface area contributed by atoms with Gasteiger partial charge >= 0.3 is 6.09 Å². The predicted octanol–water partition coefficient (Wildman–Crippen LogP) is 3.46. The number of nitrogens with one attached hydrogen (secondary N) is 3. The van der Waals surface area contributed by atoms with E-state index in [1.807, 2.05) is 23.9 Å². The van der Waals surface area contributed by atoms with Gasteiger partial charge in [-0.05, 0) is 37.8 Å². The molecule has 4 rings (SSSR count). The highest BCUT2D eigenvalue weighted by atomic mass is 16.5. The van der Waals surface area contributed by atoms with Crippen LogP contribution < -0.4 is 16.0 Å². The van der Waals surface area contributed by atoms with E-state index in [1.54, 1.807) is 6.20 Å². The number of anilines is 1. The lowest BCUT2D eigenvalue weighted by Gasteiger charge is -2.33. The minimum Gasteiger partial charge on any atom is -0.450 e. The third-order valence-electron chi connectivity index (χ3n) is 6.13. The third kappa shape index (κ3) is 4.87. The van der Waals surface area contributed by atoms with E-state index in [-0.39, 0.29) is 24.1 Å². The molecule has 3 N–H and O–H groups in total. The molecule has 32 heavy (non-hydrogen) atoms. The average Bonchev–Trinajstić information content (AvgIpc) is 3.42. The number of hydrogen-bond acceptors (Lipinski definition) is 6. The molecule has 9 nitrogen and oxygen atoms in total. The van der Waals surface area contributed by atoms with Gasteiger partial charge in [0, 0.05) is 30.9 Å². The van der Waals surface area contributed by atoms with Gasteiger partial charge in [0.1, 0.15) is 5.82 Å². The number of unbranched alkanes of at least 4 members (excludes halogenated alkanes) is 1. The predicted molar refractivity (Wildman–Crippen MR) is 121 cm³/mol. The summed E-state index contributed by atoms with van der Waals surface area (Å²) < 4.78 is 7.12. The highest BCUT2D eigenvalue weighted by Gasteiger charge is 2.30. The summed E-state index contributed by atoms with van der Waals surface area (Å²) >= 11 is 0. The summed E-state index contributed by atoms with van der Waals surface area (Å²) in [5.74, 6) is 0.600. The van der Waals surface area contributed by atoms with Crippen molar-refractivity contribution in [2.75, 3.05) is 11.9 Å². The van der Waals surface area contributed by atoms with Crippen molar-refractivity contribution < 1.29 is 14.3 Å². The van der Waals surface area contributed by atoms with E-state index in [1.165, 1.54) is 0 Å². The SMILES string of the molecule is CCCCOC(=O)N[C@H]1CCCC[C@H]1Nc1cc2c(c(-c3cnn(CC)c3)n1)C(=O)NC2. The van der Waals surface area contributed by atoms with Crippen LogP contribution in [0.15, 0.2) is 18.5 Å². The first-order chi connectivity index (χ1) is 15.6. The van der Waals surface area contributed by atoms with Crippen LogP contribution in [0.5, 0.6) is 0 Å². The zero-order chi connectivity index (χ0) is 22.5. The number of hydrogen-bond donors (Lipinski definition) is 3. The van der Waals surface area contributed by atoms with E-state index in [0.717, 1.165) is 56.2 Å². The number of rotatable bonds is 8. The van der Waals surface area contributed by atoms with Crippen LogP contribution in [-0.4, -0.2) is 45.5 Å². The Morgan fingerprint density at radius 2 is 2.09 bits per heavy atom. The number of carbonyl (C=O) groups excluding carboxylic acids is 2. The van der Waals surface area contributed by atoms with Gasteiger partial charge in [0.25, 0.3) is 5.91 Å². The monoisotopic (exact) mass is 440 g/mol. The van der Waals surface area contributed by atoms with Gasteiger partial charge < -0.3 is 20.7 Å². The van der Waals surface area contributed by atoms with Crippen molar-refractivity contribution in [1.29, 1.82) is 0 Å². The van der Waals surface area contributed by atoms with E-state index in [2.05, 4.69) is 28.0 Å². The number of aryl methyl sites for hydroxylation is 1. The first-order valence-electron chi connectivity index (χ1n) is 11.6. The molecule has 0 unspecified atom stereocenters. The summed E-state index contributed by atoms with van der Waals surface area (Å²) in [4.78, 5) is 29.5. The lowest BCUT2D eigenvalue weighted by atomic mass is 9.90. The lowest BCUT2D eigenvalue weighted by Crippen LogP contribution is -2.48. The molecule has 9 heteroatoms. The van der Waals surface area contributed by atoms with Crippen molar-refractivity contribution in [2.24, 2.45) is 0 Å². The van der Waals surface area contributed by atoms with Crippen LogP contribution in [0.1, 0.15) is 68.3 Å². The second kappa shape index (κ2) is 10.0. The van der Waals surface area contributed by atoms with Crippen molar-refractivity contribution in [2.45, 2.75) is 77.5 Å². The maximum atomic E-state index is 12.5. The van der Waals surface area contributed by atoms with E-state index < -0.39 is 0 Å². The van der Waals surface area contributed by atoms with Crippen LogP contribution in [0.3, 0.4) is 0 Å². The van der Waals surface area contributed by atoms with E-state index in [4.69, 9.17) is 9.72 Å². The lowest BCUT2D eigenvalue weighted by molar-refractivity contribution is 0.0966. The molecule has 0 spiro atoms. The van der Waals surface area contributed by atoms with Crippen molar-refractivity contribution >= 4 is 17.8 Å². The number of nitrogens with zero attached hydrogens (tertiary/aromatic N) is 3. The van der Waals surface area contributed by atoms with Crippen molar-refractivity contribution in [3.05, 3.63) is 29.6 Å². The highest BCUT2D eigenvalue weighted by molar-refractivity contribution is 6.04. The second-order valence-corrected chi connectivity index (χ2v) is 8.43. The van der Waals surface area contributed by atoms with Crippen molar-refractivity contribution in [3.63, 3.8) is 0 Å². The Balaban J connectivity index is 1.54. The Labute approximate surface area is 188 Å². The summed E-state index contributed by atoms with van der Waals surface area (Å²) in [5, 5.41) is 13.8. The van der Waals surface area contributed by atoms with Gasteiger partial charge in [0.2, 0.25) is 0 Å². The Morgan fingerprint density at radius 3 is 2.84 bits per heavy atom. The van der Waals surface area contributed by atoms with Gasteiger partial charge in [-0.25, -0.2) is 9.78 Å². The van der Waals surface area contributed by atoms with Gasteiger partial charge in [-0.15, -0.1) is 0 Å². The van der Waals surface area contributed by atoms with Gasteiger partial charge in [-0.3, -0.25) is 9.48 Å². The molecule has 0 saturated heterocycles. The van der Waals surface area contributed by atoms with Crippen molar-refractivity contribution in [3.8, 4) is 11.3 Å². The van der Waals surface area contributed by atoms with Crippen LogP contribution >= 0.6 is 0 Å². The summed E-state index contributed by atoms with van der Waals surface area (Å²) in [7, 11) is 0. The number of carbonyl (C=O) groups is 2. The first-order valence-corrected chi connectivity index (χ1v) is 11.6. The van der Waals surface area contributed by atoms with E-state index in [0.29, 0.717) is 30.2 Å². The maximum absolute atomic E-state index is 12.5. The molecule has 2 aromatic heterocycles. The molecule has 3 heterocycles. The highest BCUT2D eigenvalue weighted by Crippen LogP contribution is 2.31. The molecule has 172 valence electrons. The Bertz CT molecular complexity index is 973. The molecular weight excluding hydrogens is 408 g/mol. The molecule has 2 aromatic rings. The smallest absolute Gasteiger partial charge is 0.407 e. The fourth-order valence-electron chi connectivity index (χ4n) is 4.36. The number of fused-ring (bicyclic) bond motifs is 1. The number of ether oxygens (including phenoxy) is 1. The number of amides is 2. The number of alkyl carbamates (subject to hydrolysis) is 1. The summed E-state index contributed by atoms with van der Waals surface area (Å²) in [5.41, 5.74) is 3.00. The van der Waals surface area contributed by atoms with Crippen LogP contribution in [-0.2, 0) is 17.8 Å². The number of pyridine rings is 1. The first kappa shape index (κ1) is 22.1. The maximum Gasteiger partial charge on any atom is 0.407 e. The molecule has 2 aliphatic rings. The zero-order valence-corrected chi connectivity index (χ0v) is 18.8. The van der Waals surface area contributed by atoms with Crippen LogP contribution in [0.2, 0.25) is 0 Å². The van der Waals surface area contributed by atoms with Gasteiger partial charge in [0.05, 0.1) is 30.1 Å². The third-order valence-corrected chi connectivity index (χ3v) is 6.13. The van der Waals surface area contributed by atoms with Gasteiger partial charge in [-0.1, -0.05) is 26.2 Å². The van der Waals surface area contributed by atoms with E-state index >= 15 is 0 Å². The Morgan fingerprint density at radius 1 is 1.28 bits per heavy atom. The standard InChI is InChI=1S/C23H32N6O3/c1-3-5-10-32-23(31)27-18-9-7-6-8-17(18)26-19-11-15-12-24-22(30)20(15)21(28-19)16-13-25-29(4-2)14-16/h11,13-14,17-18H,3-10,12H2,1-2H3,(H,24,30)(H,26,28)(H,27,31)/t17-,18+/m1/s1. The zero-order valence-electron chi connectivity index (χ0n) is 18.8. The number of aromatic nitrogens is 3. The molecular formula is C23H32N6O3. The summed E-state index contributed by atoms with van der Waals surface area (Å²) in [6.45, 7) is 5.75. The molecule has 1 aliphatic heterocycles. The molecule has 2 atom stereocenters. The fourth-order valence-corrected chi connectivity index (χ4v) is 4.36.